The topological polar surface area (TPSA) is 50.8 Å². The van der Waals surface area contributed by atoms with Crippen LogP contribution in [0.25, 0.3) is 0 Å². The largest absolute Gasteiger partial charge is 0.573 e. The van der Waals surface area contributed by atoms with Crippen LogP contribution in [0.5, 0.6) is 5.75 Å². The number of carbonyl (C=O) groups is 1. The minimum Gasteiger partial charge on any atom is -0.406 e. The predicted molar refractivity (Wildman–Crippen MR) is 81.7 cm³/mol. The van der Waals surface area contributed by atoms with Gasteiger partial charge in [-0.15, -0.1) is 13.2 Å². The first kappa shape index (κ1) is 18.4. The van der Waals surface area contributed by atoms with Gasteiger partial charge in [-0.1, -0.05) is 12.1 Å². The van der Waals surface area contributed by atoms with Crippen molar-refractivity contribution in [2.45, 2.75) is 45.4 Å². The Labute approximate surface area is 138 Å². The first-order valence-electron chi connectivity index (χ1n) is 7.70. The van der Waals surface area contributed by atoms with Crippen molar-refractivity contribution >= 4 is 6.03 Å². The molecule has 0 saturated carbocycles. The molecule has 1 aliphatic rings. The van der Waals surface area contributed by atoms with Crippen molar-refractivity contribution < 1.29 is 27.4 Å². The molecule has 1 N–H and O–H groups in total. The average molecular weight is 346 g/mol. The second-order valence-electron chi connectivity index (χ2n) is 5.95. The van der Waals surface area contributed by atoms with Crippen LogP contribution in [0.4, 0.5) is 18.0 Å². The molecule has 0 unspecified atom stereocenters. The number of hydrogen-bond donors (Lipinski definition) is 1. The zero-order chi connectivity index (χ0) is 17.9. The van der Waals surface area contributed by atoms with Crippen LogP contribution in [0, 0.1) is 0 Å². The zero-order valence-electron chi connectivity index (χ0n) is 13.8. The summed E-state index contributed by atoms with van der Waals surface area (Å²) in [6, 6.07) is 4.88. The van der Waals surface area contributed by atoms with E-state index in [0.717, 1.165) is 0 Å². The molecule has 2 amide bonds. The summed E-state index contributed by atoms with van der Waals surface area (Å²) in [6.45, 7) is 6.57. The number of alkyl halides is 3. The fourth-order valence-corrected chi connectivity index (χ4v) is 2.66. The smallest absolute Gasteiger partial charge is 0.406 e. The van der Waals surface area contributed by atoms with Gasteiger partial charge in [-0.25, -0.2) is 4.79 Å². The number of rotatable bonds is 3. The Balaban J connectivity index is 1.94. The first-order valence-corrected chi connectivity index (χ1v) is 7.70. The summed E-state index contributed by atoms with van der Waals surface area (Å²) >= 11 is 0. The maximum atomic E-state index is 12.3. The third kappa shape index (κ3) is 5.30. The molecule has 0 spiro atoms. The van der Waals surface area contributed by atoms with E-state index < -0.39 is 6.36 Å². The fraction of sp³-hybridized carbons (Fsp3) is 0.562. The lowest BCUT2D eigenvalue weighted by molar-refractivity contribution is -0.274. The Morgan fingerprint density at radius 3 is 2.29 bits per heavy atom. The normalized spacial score (nSPS) is 22.8. The standard InChI is InChI=1S/C16H21F3N2O3/c1-10-8-21(9-11(2)23-10)15(22)20-12(3)13-4-6-14(7-5-13)24-16(17,18)19/h4-7,10-12H,8-9H2,1-3H3,(H,20,22)/t10-,11-,12+/m1/s1. The van der Waals surface area contributed by atoms with Crippen molar-refractivity contribution in [2.24, 2.45) is 0 Å². The summed E-state index contributed by atoms with van der Waals surface area (Å²) in [7, 11) is 0. The number of nitrogens with zero attached hydrogens (tertiary/aromatic N) is 1. The maximum Gasteiger partial charge on any atom is 0.573 e. The van der Waals surface area contributed by atoms with E-state index in [-0.39, 0.29) is 30.0 Å². The van der Waals surface area contributed by atoms with Crippen molar-refractivity contribution in [3.63, 3.8) is 0 Å². The predicted octanol–water partition coefficient (Wildman–Crippen LogP) is 3.47. The number of nitrogens with one attached hydrogen (secondary N) is 1. The van der Waals surface area contributed by atoms with E-state index in [1.54, 1.807) is 11.8 Å². The Hall–Kier alpha value is -1.96. The van der Waals surface area contributed by atoms with Crippen LogP contribution in [-0.2, 0) is 4.74 Å². The minimum absolute atomic E-state index is 0.0337. The highest BCUT2D eigenvalue weighted by Gasteiger charge is 2.31. The van der Waals surface area contributed by atoms with E-state index in [1.165, 1.54) is 24.3 Å². The van der Waals surface area contributed by atoms with Crippen molar-refractivity contribution in [2.75, 3.05) is 13.1 Å². The van der Waals surface area contributed by atoms with E-state index in [9.17, 15) is 18.0 Å². The summed E-state index contributed by atoms with van der Waals surface area (Å²) in [5.74, 6) is -0.291. The molecule has 1 aliphatic heterocycles. The van der Waals surface area contributed by atoms with Crippen LogP contribution >= 0.6 is 0 Å². The molecule has 5 nitrogen and oxygen atoms in total. The quantitative estimate of drug-likeness (QED) is 0.912. The van der Waals surface area contributed by atoms with Gasteiger partial charge in [0, 0.05) is 13.1 Å². The molecule has 0 aliphatic carbocycles. The van der Waals surface area contributed by atoms with Gasteiger partial charge in [0.25, 0.3) is 0 Å². The van der Waals surface area contributed by atoms with Gasteiger partial charge >= 0.3 is 12.4 Å². The molecular formula is C16H21F3N2O3. The second-order valence-corrected chi connectivity index (χ2v) is 5.95. The van der Waals surface area contributed by atoms with Gasteiger partial charge in [0.05, 0.1) is 18.2 Å². The molecule has 1 saturated heterocycles. The van der Waals surface area contributed by atoms with Crippen LogP contribution in [-0.4, -0.2) is 42.6 Å². The highest BCUT2D eigenvalue weighted by molar-refractivity contribution is 5.74. The molecule has 3 atom stereocenters. The highest BCUT2D eigenvalue weighted by atomic mass is 19.4. The molecule has 2 rings (SSSR count). The molecule has 0 bridgehead atoms. The second kappa shape index (κ2) is 7.29. The molecular weight excluding hydrogens is 325 g/mol. The Bertz CT molecular complexity index is 553. The van der Waals surface area contributed by atoms with Gasteiger partial charge in [-0.2, -0.15) is 0 Å². The fourth-order valence-electron chi connectivity index (χ4n) is 2.66. The summed E-state index contributed by atoms with van der Waals surface area (Å²) in [5.41, 5.74) is 0.687. The first-order chi connectivity index (χ1) is 11.1. The summed E-state index contributed by atoms with van der Waals surface area (Å²) in [5, 5.41) is 2.84. The summed E-state index contributed by atoms with van der Waals surface area (Å²) in [4.78, 5) is 14.0. The average Bonchev–Trinajstić information content (AvgIpc) is 2.45. The molecule has 1 heterocycles. The highest BCUT2D eigenvalue weighted by Crippen LogP contribution is 2.24. The van der Waals surface area contributed by atoms with Crippen LogP contribution in [0.2, 0.25) is 0 Å². The van der Waals surface area contributed by atoms with Crippen LogP contribution in [0.1, 0.15) is 32.4 Å². The SMILES string of the molecule is C[C@@H]1CN(C(=O)N[C@@H](C)c2ccc(OC(F)(F)F)cc2)C[C@@H](C)O1. The zero-order valence-corrected chi connectivity index (χ0v) is 13.8. The number of hydrogen-bond acceptors (Lipinski definition) is 3. The lowest BCUT2D eigenvalue weighted by Crippen LogP contribution is -2.52. The number of benzene rings is 1. The molecule has 0 aromatic heterocycles. The van der Waals surface area contributed by atoms with Gasteiger partial charge < -0.3 is 19.7 Å². The molecule has 1 fully saturated rings. The van der Waals surface area contributed by atoms with Crippen molar-refractivity contribution in [1.29, 1.82) is 0 Å². The van der Waals surface area contributed by atoms with Crippen LogP contribution in [0.3, 0.4) is 0 Å². The van der Waals surface area contributed by atoms with E-state index in [1.807, 2.05) is 13.8 Å². The minimum atomic E-state index is -4.72. The van der Waals surface area contributed by atoms with Gasteiger partial charge in [0.2, 0.25) is 0 Å². The molecule has 8 heteroatoms. The lowest BCUT2D eigenvalue weighted by Gasteiger charge is -2.35. The summed E-state index contributed by atoms with van der Waals surface area (Å²) < 4.78 is 45.8. The Morgan fingerprint density at radius 1 is 1.25 bits per heavy atom. The molecule has 0 radical (unpaired) electrons. The molecule has 1 aromatic carbocycles. The number of morpholine rings is 1. The van der Waals surface area contributed by atoms with Crippen molar-refractivity contribution in [3.05, 3.63) is 29.8 Å². The van der Waals surface area contributed by atoms with Gasteiger partial charge in [0.15, 0.2) is 0 Å². The van der Waals surface area contributed by atoms with E-state index in [4.69, 9.17) is 4.74 Å². The number of urea groups is 1. The number of ether oxygens (including phenoxy) is 2. The third-order valence-electron chi connectivity index (χ3n) is 3.66. The number of carbonyl (C=O) groups excluding carboxylic acids is 1. The van der Waals surface area contributed by atoms with Crippen molar-refractivity contribution in [1.82, 2.24) is 10.2 Å². The van der Waals surface area contributed by atoms with E-state index in [2.05, 4.69) is 10.1 Å². The number of amides is 2. The third-order valence-corrected chi connectivity index (χ3v) is 3.66. The van der Waals surface area contributed by atoms with Gasteiger partial charge in [-0.3, -0.25) is 0 Å². The Kier molecular flexibility index (Phi) is 5.58. The van der Waals surface area contributed by atoms with Gasteiger partial charge in [0.1, 0.15) is 5.75 Å². The van der Waals surface area contributed by atoms with Crippen LogP contribution in [0.15, 0.2) is 24.3 Å². The monoisotopic (exact) mass is 346 g/mol. The Morgan fingerprint density at radius 2 is 1.79 bits per heavy atom. The van der Waals surface area contributed by atoms with Crippen molar-refractivity contribution in [3.8, 4) is 5.75 Å². The molecule has 134 valence electrons. The molecule has 1 aromatic rings. The van der Waals surface area contributed by atoms with E-state index >= 15 is 0 Å². The van der Waals surface area contributed by atoms with E-state index in [0.29, 0.717) is 18.7 Å². The number of halogens is 3. The lowest BCUT2D eigenvalue weighted by atomic mass is 10.1. The van der Waals surface area contributed by atoms with Crippen LogP contribution < -0.4 is 10.1 Å². The summed E-state index contributed by atoms with van der Waals surface area (Å²) in [6.07, 6.45) is -4.78. The maximum absolute atomic E-state index is 12.3. The van der Waals surface area contributed by atoms with Gasteiger partial charge in [-0.05, 0) is 38.5 Å². The molecule has 24 heavy (non-hydrogen) atoms.